The van der Waals surface area contributed by atoms with E-state index in [4.69, 9.17) is 20.2 Å². The number of hydrogen-bond donors (Lipinski definition) is 1. The molecule has 3 aromatic carbocycles. The van der Waals surface area contributed by atoms with Gasteiger partial charge in [-0.2, -0.15) is 0 Å². The summed E-state index contributed by atoms with van der Waals surface area (Å²) in [6.07, 6.45) is 0.630. The Balaban J connectivity index is 1.67. The van der Waals surface area contributed by atoms with Gasteiger partial charge >= 0.3 is 0 Å². The molecule has 3 aromatic rings. The average molecular weight is 398 g/mol. The Hall–Kier alpha value is -3.60. The quantitative estimate of drug-likeness (QED) is 0.711. The van der Waals surface area contributed by atoms with Crippen molar-refractivity contribution in [1.29, 1.82) is 0 Å². The molecule has 0 amide bonds. The fourth-order valence-corrected chi connectivity index (χ4v) is 4.37. The minimum Gasteiger partial charge on any atom is -0.454 e. The first-order valence-electron chi connectivity index (χ1n) is 10.1. The Morgan fingerprint density at radius 3 is 2.43 bits per heavy atom. The Labute approximate surface area is 175 Å². The molecular weight excluding hydrogens is 376 g/mol. The molecule has 2 N–H and O–H groups in total. The number of ketones is 1. The molecule has 5 nitrogen and oxygen atoms in total. The first-order chi connectivity index (χ1) is 14.6. The summed E-state index contributed by atoms with van der Waals surface area (Å²) in [6.45, 7) is 2.20. The van der Waals surface area contributed by atoms with Gasteiger partial charge in [-0.1, -0.05) is 61.5 Å². The smallest absolute Gasteiger partial charge is 0.231 e. The van der Waals surface area contributed by atoms with Crippen LogP contribution in [0.25, 0.3) is 11.1 Å². The molecular formula is C25H22N2O3. The van der Waals surface area contributed by atoms with E-state index < -0.39 is 5.54 Å². The van der Waals surface area contributed by atoms with E-state index in [1.807, 2.05) is 79.7 Å². The lowest BCUT2D eigenvalue weighted by Gasteiger charge is -2.27. The van der Waals surface area contributed by atoms with Gasteiger partial charge in [-0.25, -0.2) is 4.99 Å². The van der Waals surface area contributed by atoms with Gasteiger partial charge in [-0.3, -0.25) is 4.79 Å². The zero-order valence-electron chi connectivity index (χ0n) is 16.7. The minimum atomic E-state index is -1.13. The molecule has 2 atom stereocenters. The molecule has 150 valence electrons. The van der Waals surface area contributed by atoms with Gasteiger partial charge in [-0.15, -0.1) is 0 Å². The second kappa shape index (κ2) is 7.02. The summed E-state index contributed by atoms with van der Waals surface area (Å²) in [5.74, 6) is 1.52. The van der Waals surface area contributed by atoms with Gasteiger partial charge in [0.2, 0.25) is 6.79 Å². The molecule has 2 unspecified atom stereocenters. The van der Waals surface area contributed by atoms with E-state index in [-0.39, 0.29) is 18.5 Å². The number of amidine groups is 1. The molecule has 0 saturated carbocycles. The summed E-state index contributed by atoms with van der Waals surface area (Å²) in [5.41, 5.74) is 8.72. The van der Waals surface area contributed by atoms with Crippen molar-refractivity contribution >= 4 is 11.6 Å². The topological polar surface area (TPSA) is 73.9 Å². The van der Waals surface area contributed by atoms with Crippen molar-refractivity contribution in [3.63, 3.8) is 0 Å². The lowest BCUT2D eigenvalue weighted by molar-refractivity contribution is -0.124. The first-order valence-corrected chi connectivity index (χ1v) is 10.1. The summed E-state index contributed by atoms with van der Waals surface area (Å²) in [5, 5.41) is 0. The minimum absolute atomic E-state index is 0.0246. The van der Waals surface area contributed by atoms with E-state index in [0.717, 1.165) is 33.8 Å². The van der Waals surface area contributed by atoms with Crippen LogP contribution in [0.15, 0.2) is 77.8 Å². The van der Waals surface area contributed by atoms with Gasteiger partial charge in [0.1, 0.15) is 5.84 Å². The van der Waals surface area contributed by atoms with E-state index >= 15 is 0 Å². The number of aliphatic imine (C=N–C) groups is 1. The number of carbonyl (C=O) groups is 1. The van der Waals surface area contributed by atoms with E-state index in [9.17, 15) is 4.79 Å². The zero-order chi connectivity index (χ0) is 20.7. The fourth-order valence-electron chi connectivity index (χ4n) is 4.37. The molecule has 5 heteroatoms. The van der Waals surface area contributed by atoms with Crippen LogP contribution in [0.3, 0.4) is 0 Å². The van der Waals surface area contributed by atoms with Crippen LogP contribution in [0.5, 0.6) is 11.5 Å². The van der Waals surface area contributed by atoms with Crippen LogP contribution >= 0.6 is 0 Å². The van der Waals surface area contributed by atoms with E-state index in [1.54, 1.807) is 0 Å². The van der Waals surface area contributed by atoms with Gasteiger partial charge in [0, 0.05) is 0 Å². The number of fused-ring (bicyclic) bond motifs is 1. The maximum atomic E-state index is 13.6. The third-order valence-electron chi connectivity index (χ3n) is 5.91. The normalized spacial score (nSPS) is 22.2. The second-order valence-corrected chi connectivity index (χ2v) is 7.59. The summed E-state index contributed by atoms with van der Waals surface area (Å²) >= 11 is 0. The SMILES string of the molecule is CCC1C(=O)C(c2ccccc2)(c2cccc(-c3ccc4c(c3)OCO4)c2)N=C1N. The van der Waals surface area contributed by atoms with Gasteiger partial charge in [0.25, 0.3) is 0 Å². The number of ether oxygens (including phenoxy) is 2. The lowest BCUT2D eigenvalue weighted by atomic mass is 9.77. The predicted octanol–water partition coefficient (Wildman–Crippen LogP) is 4.29. The van der Waals surface area contributed by atoms with Crippen molar-refractivity contribution in [3.8, 4) is 22.6 Å². The molecule has 0 spiro atoms. The summed E-state index contributed by atoms with van der Waals surface area (Å²) in [4.78, 5) is 18.4. The monoisotopic (exact) mass is 398 g/mol. The molecule has 2 aliphatic heterocycles. The Kier molecular flexibility index (Phi) is 4.31. The van der Waals surface area contributed by atoms with Crippen LogP contribution in [-0.2, 0) is 10.3 Å². The van der Waals surface area contributed by atoms with Crippen molar-refractivity contribution in [2.24, 2.45) is 16.6 Å². The van der Waals surface area contributed by atoms with Crippen molar-refractivity contribution < 1.29 is 14.3 Å². The van der Waals surface area contributed by atoms with Crippen molar-refractivity contribution in [2.75, 3.05) is 6.79 Å². The number of nitrogens with two attached hydrogens (primary N) is 1. The first kappa shape index (κ1) is 18.4. The maximum Gasteiger partial charge on any atom is 0.231 e. The number of nitrogens with zero attached hydrogens (tertiary/aromatic N) is 1. The van der Waals surface area contributed by atoms with Crippen LogP contribution in [0, 0.1) is 5.92 Å². The second-order valence-electron chi connectivity index (χ2n) is 7.59. The van der Waals surface area contributed by atoms with Crippen LogP contribution in [0.2, 0.25) is 0 Å². The molecule has 2 heterocycles. The van der Waals surface area contributed by atoms with Crippen LogP contribution in [0.1, 0.15) is 24.5 Å². The third kappa shape index (κ3) is 2.70. The Bertz CT molecular complexity index is 1160. The Morgan fingerprint density at radius 2 is 1.67 bits per heavy atom. The molecule has 0 aromatic heterocycles. The lowest BCUT2D eigenvalue weighted by Crippen LogP contribution is -2.35. The van der Waals surface area contributed by atoms with E-state index in [0.29, 0.717) is 12.3 Å². The molecule has 0 saturated heterocycles. The highest BCUT2D eigenvalue weighted by molar-refractivity contribution is 6.14. The molecule has 0 bridgehead atoms. The molecule has 30 heavy (non-hydrogen) atoms. The van der Waals surface area contributed by atoms with Crippen molar-refractivity contribution in [3.05, 3.63) is 83.9 Å². The molecule has 0 fully saturated rings. The highest BCUT2D eigenvalue weighted by Gasteiger charge is 2.50. The summed E-state index contributed by atoms with van der Waals surface area (Å²) in [6, 6.07) is 23.5. The molecule has 5 rings (SSSR count). The van der Waals surface area contributed by atoms with Gasteiger partial charge < -0.3 is 15.2 Å². The summed E-state index contributed by atoms with van der Waals surface area (Å²) < 4.78 is 10.9. The highest BCUT2D eigenvalue weighted by atomic mass is 16.7. The van der Waals surface area contributed by atoms with E-state index in [2.05, 4.69) is 0 Å². The van der Waals surface area contributed by atoms with E-state index in [1.165, 1.54) is 0 Å². The molecule has 2 aliphatic rings. The molecule has 0 aliphatic carbocycles. The van der Waals surface area contributed by atoms with Gasteiger partial charge in [0.05, 0.1) is 5.92 Å². The highest BCUT2D eigenvalue weighted by Crippen LogP contribution is 2.43. The third-order valence-corrected chi connectivity index (χ3v) is 5.91. The Morgan fingerprint density at radius 1 is 0.933 bits per heavy atom. The summed E-state index contributed by atoms with van der Waals surface area (Å²) in [7, 11) is 0. The fraction of sp³-hybridized carbons (Fsp3) is 0.200. The van der Waals surface area contributed by atoms with Crippen molar-refractivity contribution in [2.45, 2.75) is 18.9 Å². The average Bonchev–Trinajstić information content (AvgIpc) is 3.36. The maximum absolute atomic E-state index is 13.6. The van der Waals surface area contributed by atoms with Gasteiger partial charge in [0.15, 0.2) is 22.8 Å². The van der Waals surface area contributed by atoms with Crippen LogP contribution in [0.4, 0.5) is 0 Å². The number of hydrogen-bond acceptors (Lipinski definition) is 5. The largest absolute Gasteiger partial charge is 0.454 e. The van der Waals surface area contributed by atoms with Crippen LogP contribution in [-0.4, -0.2) is 18.4 Å². The van der Waals surface area contributed by atoms with Gasteiger partial charge in [-0.05, 0) is 46.9 Å². The number of Topliss-reactive ketones (excluding diaryl/α,β-unsaturated/α-hetero) is 1. The predicted molar refractivity (Wildman–Crippen MR) is 116 cm³/mol. The molecule has 0 radical (unpaired) electrons. The van der Waals surface area contributed by atoms with Crippen molar-refractivity contribution in [1.82, 2.24) is 0 Å². The number of rotatable bonds is 4. The standard InChI is InChI=1S/C25H22N2O3/c1-2-20-23(28)25(27-24(20)26,18-8-4-3-5-9-18)19-10-6-7-16(13-19)17-11-12-21-22(14-17)30-15-29-21/h3-14,20H,2,15H2,1H3,(H2,26,27). The zero-order valence-corrected chi connectivity index (χ0v) is 16.7. The van der Waals surface area contributed by atoms with Crippen LogP contribution < -0.4 is 15.2 Å². The number of carbonyl (C=O) groups excluding carboxylic acids is 1. The number of benzene rings is 3.